The van der Waals surface area contributed by atoms with Crippen LogP contribution in [-0.2, 0) is 9.53 Å². The van der Waals surface area contributed by atoms with Gasteiger partial charge in [-0.2, -0.15) is 0 Å². The summed E-state index contributed by atoms with van der Waals surface area (Å²) in [5, 5.41) is 5.49. The van der Waals surface area contributed by atoms with E-state index in [2.05, 4.69) is 27.0 Å². The standard InChI is InChI=1S/C21H27FN4O3/c1-3-8-25-9-11-26(12-10-25)14-17-18(20(27)29-4-2)19(24-21(28)23-17)15-6-5-7-16(22)13-15/h3,5-7,13,19H,1,4,8-12,14H2,2H3,(H2,23,24,28)/t19-/m0/s1. The highest BCUT2D eigenvalue weighted by Gasteiger charge is 2.34. The van der Waals surface area contributed by atoms with Gasteiger partial charge in [0.15, 0.2) is 0 Å². The second-order valence-electron chi connectivity index (χ2n) is 7.06. The second kappa shape index (κ2) is 9.67. The van der Waals surface area contributed by atoms with Crippen molar-refractivity contribution in [2.75, 3.05) is 45.9 Å². The molecule has 1 saturated heterocycles. The van der Waals surface area contributed by atoms with Crippen molar-refractivity contribution in [2.45, 2.75) is 13.0 Å². The van der Waals surface area contributed by atoms with Crippen molar-refractivity contribution in [1.29, 1.82) is 0 Å². The van der Waals surface area contributed by atoms with E-state index < -0.39 is 23.9 Å². The molecule has 0 radical (unpaired) electrons. The van der Waals surface area contributed by atoms with E-state index in [0.29, 0.717) is 23.4 Å². The van der Waals surface area contributed by atoms with E-state index in [1.54, 1.807) is 19.1 Å². The van der Waals surface area contributed by atoms with Crippen molar-refractivity contribution in [3.05, 3.63) is 59.6 Å². The molecule has 2 aliphatic heterocycles. The van der Waals surface area contributed by atoms with E-state index in [9.17, 15) is 14.0 Å². The molecule has 3 rings (SSSR count). The number of halogens is 1. The van der Waals surface area contributed by atoms with E-state index in [0.717, 1.165) is 32.7 Å². The average molecular weight is 402 g/mol. The predicted octanol–water partition coefficient (Wildman–Crippen LogP) is 1.80. The van der Waals surface area contributed by atoms with Gasteiger partial charge in [0.2, 0.25) is 0 Å². The Labute approximate surface area is 170 Å². The molecular weight excluding hydrogens is 375 g/mol. The number of benzene rings is 1. The van der Waals surface area contributed by atoms with Crippen LogP contribution >= 0.6 is 0 Å². The van der Waals surface area contributed by atoms with Gasteiger partial charge in [-0.25, -0.2) is 14.0 Å². The molecule has 8 heteroatoms. The third-order valence-corrected chi connectivity index (χ3v) is 5.06. The molecule has 2 N–H and O–H groups in total. The molecule has 0 unspecified atom stereocenters. The molecule has 0 spiro atoms. The number of carbonyl (C=O) groups excluding carboxylic acids is 2. The van der Waals surface area contributed by atoms with E-state index in [1.165, 1.54) is 12.1 Å². The molecular formula is C21H27FN4O3. The zero-order valence-corrected chi connectivity index (χ0v) is 16.6. The van der Waals surface area contributed by atoms with E-state index in [1.807, 2.05) is 6.08 Å². The molecule has 1 atom stereocenters. The van der Waals surface area contributed by atoms with E-state index >= 15 is 0 Å². The van der Waals surface area contributed by atoms with Crippen LogP contribution in [0.25, 0.3) is 0 Å². The minimum atomic E-state index is -0.768. The molecule has 156 valence electrons. The Morgan fingerprint density at radius 3 is 2.69 bits per heavy atom. The van der Waals surface area contributed by atoms with Gasteiger partial charge in [0, 0.05) is 45.0 Å². The summed E-state index contributed by atoms with van der Waals surface area (Å²) in [6.45, 7) is 10.3. The van der Waals surface area contributed by atoms with E-state index in [-0.39, 0.29) is 6.61 Å². The lowest BCUT2D eigenvalue weighted by Gasteiger charge is -2.36. The summed E-state index contributed by atoms with van der Waals surface area (Å²) < 4.78 is 19.0. The summed E-state index contributed by atoms with van der Waals surface area (Å²) in [7, 11) is 0. The molecule has 0 saturated carbocycles. The lowest BCUT2D eigenvalue weighted by atomic mass is 9.95. The van der Waals surface area contributed by atoms with Crippen LogP contribution in [0.4, 0.5) is 9.18 Å². The molecule has 29 heavy (non-hydrogen) atoms. The van der Waals surface area contributed by atoms with Crippen molar-refractivity contribution in [2.24, 2.45) is 0 Å². The monoisotopic (exact) mass is 402 g/mol. The predicted molar refractivity (Wildman–Crippen MR) is 108 cm³/mol. The maximum absolute atomic E-state index is 13.8. The van der Waals surface area contributed by atoms with Crippen LogP contribution in [0, 0.1) is 5.82 Å². The average Bonchev–Trinajstić information content (AvgIpc) is 2.69. The van der Waals surface area contributed by atoms with Crippen LogP contribution < -0.4 is 10.6 Å². The van der Waals surface area contributed by atoms with Gasteiger partial charge in [-0.1, -0.05) is 18.2 Å². The fraction of sp³-hybridized carbons (Fsp3) is 0.429. The quantitative estimate of drug-likeness (QED) is 0.538. The van der Waals surface area contributed by atoms with Crippen molar-refractivity contribution in [3.8, 4) is 0 Å². The largest absolute Gasteiger partial charge is 0.463 e. The van der Waals surface area contributed by atoms with Gasteiger partial charge in [0.05, 0.1) is 18.2 Å². The van der Waals surface area contributed by atoms with Crippen LogP contribution in [0.3, 0.4) is 0 Å². The van der Waals surface area contributed by atoms with Gasteiger partial charge in [-0.3, -0.25) is 9.80 Å². The first-order chi connectivity index (χ1) is 14.0. The molecule has 2 amide bonds. The number of piperazine rings is 1. The van der Waals surface area contributed by atoms with Gasteiger partial charge < -0.3 is 15.4 Å². The summed E-state index contributed by atoms with van der Waals surface area (Å²) in [6.07, 6.45) is 1.88. The molecule has 1 fully saturated rings. The highest BCUT2D eigenvalue weighted by molar-refractivity contribution is 5.95. The number of esters is 1. The summed E-state index contributed by atoms with van der Waals surface area (Å²) in [4.78, 5) is 29.5. The van der Waals surface area contributed by atoms with Crippen LogP contribution in [0.5, 0.6) is 0 Å². The summed E-state index contributed by atoms with van der Waals surface area (Å²) in [6, 6.07) is 4.69. The molecule has 7 nitrogen and oxygen atoms in total. The van der Waals surface area contributed by atoms with Gasteiger partial charge >= 0.3 is 12.0 Å². The van der Waals surface area contributed by atoms with Crippen LogP contribution in [0.1, 0.15) is 18.5 Å². The highest BCUT2D eigenvalue weighted by atomic mass is 19.1. The van der Waals surface area contributed by atoms with Crippen molar-refractivity contribution < 1.29 is 18.7 Å². The lowest BCUT2D eigenvalue weighted by molar-refractivity contribution is -0.139. The number of amides is 2. The van der Waals surface area contributed by atoms with Gasteiger partial charge in [-0.15, -0.1) is 6.58 Å². The van der Waals surface area contributed by atoms with Gasteiger partial charge in [-0.05, 0) is 24.6 Å². The smallest absolute Gasteiger partial charge is 0.338 e. The number of rotatable bonds is 7. The summed E-state index contributed by atoms with van der Waals surface area (Å²) in [5.41, 5.74) is 1.31. The number of hydrogen-bond donors (Lipinski definition) is 2. The number of carbonyl (C=O) groups is 2. The van der Waals surface area contributed by atoms with Crippen molar-refractivity contribution >= 4 is 12.0 Å². The SMILES string of the molecule is C=CCN1CCN(CC2=C(C(=O)OCC)[C@H](c3cccc(F)c3)NC(=O)N2)CC1. The molecule has 0 aromatic heterocycles. The zero-order chi connectivity index (χ0) is 20.8. The molecule has 2 aliphatic rings. The Morgan fingerprint density at radius 1 is 1.31 bits per heavy atom. The number of nitrogens with one attached hydrogen (secondary N) is 2. The number of nitrogens with zero attached hydrogens (tertiary/aromatic N) is 2. The Balaban J connectivity index is 1.88. The number of urea groups is 1. The molecule has 1 aromatic rings. The topological polar surface area (TPSA) is 73.9 Å². The van der Waals surface area contributed by atoms with Gasteiger partial charge in [0.25, 0.3) is 0 Å². The minimum absolute atomic E-state index is 0.208. The molecule has 2 heterocycles. The number of hydrogen-bond acceptors (Lipinski definition) is 5. The Kier molecular flexibility index (Phi) is 7.00. The van der Waals surface area contributed by atoms with Crippen LogP contribution in [0.2, 0.25) is 0 Å². The highest BCUT2D eigenvalue weighted by Crippen LogP contribution is 2.28. The summed E-state index contributed by atoms with van der Waals surface area (Å²) >= 11 is 0. The van der Waals surface area contributed by atoms with Crippen LogP contribution in [-0.4, -0.2) is 67.7 Å². The third kappa shape index (κ3) is 5.21. The fourth-order valence-corrected chi connectivity index (χ4v) is 3.66. The molecule has 1 aromatic carbocycles. The third-order valence-electron chi connectivity index (χ3n) is 5.06. The maximum atomic E-state index is 13.8. The number of ether oxygens (including phenoxy) is 1. The van der Waals surface area contributed by atoms with Gasteiger partial charge in [0.1, 0.15) is 5.82 Å². The fourth-order valence-electron chi connectivity index (χ4n) is 3.66. The first-order valence-corrected chi connectivity index (χ1v) is 9.80. The van der Waals surface area contributed by atoms with Crippen molar-refractivity contribution in [1.82, 2.24) is 20.4 Å². The first-order valence-electron chi connectivity index (χ1n) is 9.80. The Bertz CT molecular complexity index is 803. The second-order valence-corrected chi connectivity index (χ2v) is 7.06. The Hall–Kier alpha value is -2.71. The first kappa shape index (κ1) is 21.0. The van der Waals surface area contributed by atoms with Crippen molar-refractivity contribution in [3.63, 3.8) is 0 Å². The summed E-state index contributed by atoms with van der Waals surface area (Å²) in [5.74, 6) is -0.951. The minimum Gasteiger partial charge on any atom is -0.463 e. The zero-order valence-electron chi connectivity index (χ0n) is 16.6. The molecule has 0 bridgehead atoms. The Morgan fingerprint density at radius 2 is 2.03 bits per heavy atom. The normalized spacial score (nSPS) is 20.8. The van der Waals surface area contributed by atoms with E-state index in [4.69, 9.17) is 4.74 Å². The molecule has 0 aliphatic carbocycles. The lowest BCUT2D eigenvalue weighted by Crippen LogP contribution is -2.51. The maximum Gasteiger partial charge on any atom is 0.338 e. The van der Waals surface area contributed by atoms with Crippen LogP contribution in [0.15, 0.2) is 48.2 Å².